The van der Waals surface area contributed by atoms with Crippen molar-refractivity contribution in [1.29, 1.82) is 5.41 Å². The predicted octanol–water partition coefficient (Wildman–Crippen LogP) is 4.92. The molecule has 4 N–H and O–H groups in total. The number of rotatable bonds is 12. The topological polar surface area (TPSA) is 109 Å². The molecule has 0 spiro atoms. The molecule has 1 fully saturated rings. The number of ether oxygens (including phenoxy) is 1. The Morgan fingerprint density at radius 1 is 1.23 bits per heavy atom. The molecule has 0 aliphatic carbocycles. The normalized spacial score (nSPS) is 16.3. The minimum atomic E-state index is -0.172. The molecule has 1 unspecified atom stereocenters. The molecule has 0 radical (unpaired) electrons. The van der Waals surface area contributed by atoms with Gasteiger partial charge in [0.2, 0.25) is 0 Å². The fourth-order valence-electron chi connectivity index (χ4n) is 4.88. The summed E-state index contributed by atoms with van der Waals surface area (Å²) in [6.07, 6.45) is 7.87. The molecule has 1 aliphatic rings. The Labute approximate surface area is 232 Å². The monoisotopic (exact) mass is 532 g/mol. The number of nitrogens with one attached hydrogen (secondary N) is 2. The number of nitrogens with zero attached hydrogens (tertiary/aromatic N) is 3. The van der Waals surface area contributed by atoms with Crippen LogP contribution >= 0.6 is 0 Å². The Kier molecular flexibility index (Phi) is 11.3. The summed E-state index contributed by atoms with van der Waals surface area (Å²) in [4.78, 5) is 20.8. The Bertz CT molecular complexity index is 1270. The van der Waals surface area contributed by atoms with E-state index in [2.05, 4.69) is 23.2 Å². The zero-order chi connectivity index (χ0) is 28.4. The second kappa shape index (κ2) is 14.6. The SMILES string of the molecule is CCC/C=C(/C=C\c1nc(NCCN2CCOCC2)c(=O)n(C(C)c2ccccc2)c1C)C(\C(C)=N)=C(/C)N. The van der Waals surface area contributed by atoms with Gasteiger partial charge in [-0.05, 0) is 51.3 Å². The van der Waals surface area contributed by atoms with Crippen LogP contribution in [0.15, 0.2) is 64.1 Å². The van der Waals surface area contributed by atoms with E-state index in [4.69, 9.17) is 20.9 Å². The first-order valence-electron chi connectivity index (χ1n) is 13.9. The summed E-state index contributed by atoms with van der Waals surface area (Å²) in [6, 6.07) is 9.86. The lowest BCUT2D eigenvalue weighted by atomic mass is 9.97. The number of hydrogen-bond acceptors (Lipinski definition) is 7. The lowest BCUT2D eigenvalue weighted by Crippen LogP contribution is -2.39. The highest BCUT2D eigenvalue weighted by molar-refractivity contribution is 6.01. The number of benzene rings is 1. The van der Waals surface area contributed by atoms with E-state index in [1.54, 1.807) is 6.92 Å². The van der Waals surface area contributed by atoms with E-state index in [1.807, 2.05) is 67.8 Å². The van der Waals surface area contributed by atoms with E-state index in [0.717, 1.165) is 68.1 Å². The molecule has 210 valence electrons. The van der Waals surface area contributed by atoms with Gasteiger partial charge in [0.15, 0.2) is 5.82 Å². The van der Waals surface area contributed by atoms with E-state index in [0.29, 0.717) is 29.5 Å². The van der Waals surface area contributed by atoms with Gasteiger partial charge >= 0.3 is 0 Å². The first-order valence-corrected chi connectivity index (χ1v) is 13.9. The van der Waals surface area contributed by atoms with Crippen molar-refractivity contribution < 1.29 is 4.74 Å². The van der Waals surface area contributed by atoms with Crippen molar-refractivity contribution in [2.75, 3.05) is 44.7 Å². The quantitative estimate of drug-likeness (QED) is 0.265. The van der Waals surface area contributed by atoms with Crippen LogP contribution in [0.4, 0.5) is 5.82 Å². The molecule has 8 heteroatoms. The molecule has 2 heterocycles. The Hall–Kier alpha value is -3.49. The van der Waals surface area contributed by atoms with Crippen LogP contribution < -0.4 is 16.6 Å². The largest absolute Gasteiger partial charge is 0.402 e. The van der Waals surface area contributed by atoms with Crippen LogP contribution in [0.2, 0.25) is 0 Å². The van der Waals surface area contributed by atoms with Crippen molar-refractivity contribution in [3.05, 3.63) is 86.6 Å². The molecular weight excluding hydrogens is 488 g/mol. The van der Waals surface area contributed by atoms with E-state index in [9.17, 15) is 4.79 Å². The van der Waals surface area contributed by atoms with Gasteiger partial charge in [-0.1, -0.05) is 55.8 Å². The maximum Gasteiger partial charge on any atom is 0.294 e. The smallest absolute Gasteiger partial charge is 0.294 e. The van der Waals surface area contributed by atoms with Crippen LogP contribution in [0.1, 0.15) is 63.5 Å². The van der Waals surface area contributed by atoms with E-state index in [-0.39, 0.29) is 11.6 Å². The average Bonchev–Trinajstić information content (AvgIpc) is 2.92. The van der Waals surface area contributed by atoms with Gasteiger partial charge < -0.3 is 25.8 Å². The lowest BCUT2D eigenvalue weighted by Gasteiger charge is -2.26. The number of anilines is 1. The molecule has 2 aromatic rings. The Morgan fingerprint density at radius 3 is 2.54 bits per heavy atom. The summed E-state index contributed by atoms with van der Waals surface area (Å²) < 4.78 is 7.27. The summed E-state index contributed by atoms with van der Waals surface area (Å²) in [5.74, 6) is 0.337. The predicted molar refractivity (Wildman–Crippen MR) is 162 cm³/mol. The van der Waals surface area contributed by atoms with Gasteiger partial charge in [0.05, 0.1) is 24.9 Å². The van der Waals surface area contributed by atoms with Crippen LogP contribution in [0.25, 0.3) is 6.08 Å². The van der Waals surface area contributed by atoms with E-state index >= 15 is 0 Å². The molecule has 39 heavy (non-hydrogen) atoms. The number of aromatic nitrogens is 2. The van der Waals surface area contributed by atoms with Crippen molar-refractivity contribution in [3.8, 4) is 0 Å². The summed E-state index contributed by atoms with van der Waals surface area (Å²) >= 11 is 0. The van der Waals surface area contributed by atoms with Gasteiger partial charge in [0, 0.05) is 48.9 Å². The minimum Gasteiger partial charge on any atom is -0.402 e. The van der Waals surface area contributed by atoms with Gasteiger partial charge in [-0.2, -0.15) is 0 Å². The van der Waals surface area contributed by atoms with Crippen molar-refractivity contribution in [2.45, 2.75) is 53.5 Å². The molecule has 0 amide bonds. The summed E-state index contributed by atoms with van der Waals surface area (Å²) in [7, 11) is 0. The van der Waals surface area contributed by atoms with Gasteiger partial charge in [-0.15, -0.1) is 0 Å². The highest BCUT2D eigenvalue weighted by atomic mass is 16.5. The molecule has 1 aromatic heterocycles. The van der Waals surface area contributed by atoms with Crippen LogP contribution in [0.5, 0.6) is 0 Å². The van der Waals surface area contributed by atoms with Crippen molar-refractivity contribution in [1.82, 2.24) is 14.5 Å². The fourth-order valence-corrected chi connectivity index (χ4v) is 4.88. The van der Waals surface area contributed by atoms with Crippen molar-refractivity contribution >= 4 is 17.6 Å². The second-order valence-electron chi connectivity index (χ2n) is 10.0. The third kappa shape index (κ3) is 8.00. The molecule has 8 nitrogen and oxygen atoms in total. The number of morpholine rings is 1. The van der Waals surface area contributed by atoms with Crippen LogP contribution in [-0.4, -0.2) is 59.6 Å². The molecule has 1 aliphatic heterocycles. The highest BCUT2D eigenvalue weighted by Crippen LogP contribution is 2.23. The second-order valence-corrected chi connectivity index (χ2v) is 10.0. The highest BCUT2D eigenvalue weighted by Gasteiger charge is 2.19. The molecule has 0 bridgehead atoms. The van der Waals surface area contributed by atoms with E-state index < -0.39 is 0 Å². The summed E-state index contributed by atoms with van der Waals surface area (Å²) in [6.45, 7) is 14.3. The zero-order valence-electron chi connectivity index (χ0n) is 24.1. The lowest BCUT2D eigenvalue weighted by molar-refractivity contribution is 0.0398. The summed E-state index contributed by atoms with van der Waals surface area (Å²) in [5.41, 5.74) is 11.2. The molecule has 1 atom stereocenters. The third-order valence-corrected chi connectivity index (χ3v) is 7.01. The molecular formula is C31H44N6O2. The van der Waals surface area contributed by atoms with Gasteiger partial charge in [-0.25, -0.2) is 4.98 Å². The number of hydrogen-bond donors (Lipinski definition) is 3. The first-order chi connectivity index (χ1) is 18.7. The van der Waals surface area contributed by atoms with Gasteiger partial charge in [0.1, 0.15) is 0 Å². The van der Waals surface area contributed by atoms with Crippen molar-refractivity contribution in [3.63, 3.8) is 0 Å². The minimum absolute atomic E-state index is 0.140. The maximum atomic E-state index is 13.7. The van der Waals surface area contributed by atoms with Gasteiger partial charge in [0.25, 0.3) is 5.56 Å². The maximum absolute atomic E-state index is 13.7. The molecule has 1 aromatic carbocycles. The standard InChI is InChI=1S/C31H44N6O2/c1-6-7-11-27(29(22(2)32)23(3)33)14-15-28-25(5)37(24(4)26-12-9-8-10-13-26)31(38)30(35-28)34-16-17-36-18-20-39-21-19-36/h8-15,24,32H,6-7,16-21,33H2,1-5H3,(H,34,35)/b15-14-,27-11-,29-23+,32-22?. The Balaban J connectivity index is 2.04. The number of unbranched alkanes of at least 4 members (excludes halogenated alkanes) is 1. The molecule has 3 rings (SSSR count). The van der Waals surface area contributed by atoms with Crippen LogP contribution in [0.3, 0.4) is 0 Å². The van der Waals surface area contributed by atoms with Crippen molar-refractivity contribution in [2.24, 2.45) is 5.73 Å². The number of allylic oxidation sites excluding steroid dienone is 5. The molecule has 1 saturated heterocycles. The fraction of sp³-hybridized carbons (Fsp3) is 0.452. The number of nitrogens with two attached hydrogens (primary N) is 1. The van der Waals surface area contributed by atoms with Crippen LogP contribution in [-0.2, 0) is 4.74 Å². The summed E-state index contributed by atoms with van der Waals surface area (Å²) in [5, 5.41) is 11.6. The molecule has 0 saturated carbocycles. The average molecular weight is 533 g/mol. The van der Waals surface area contributed by atoms with E-state index in [1.165, 1.54) is 0 Å². The third-order valence-electron chi connectivity index (χ3n) is 7.01. The Morgan fingerprint density at radius 2 is 1.92 bits per heavy atom. The van der Waals surface area contributed by atoms with Gasteiger partial charge in [-0.3, -0.25) is 9.69 Å². The van der Waals surface area contributed by atoms with Crippen LogP contribution in [0, 0.1) is 12.3 Å². The first kappa shape index (κ1) is 30.1. The zero-order valence-corrected chi connectivity index (χ0v) is 24.1.